The Hall–Kier alpha value is -1.93. The Labute approximate surface area is 96.4 Å². The number of aromatic nitrogens is 1. The third kappa shape index (κ3) is 3.54. The third-order valence-corrected chi connectivity index (χ3v) is 2.08. The van der Waals surface area contributed by atoms with Crippen LogP contribution in [0.25, 0.3) is 0 Å². The van der Waals surface area contributed by atoms with Crippen LogP contribution in [0.3, 0.4) is 0 Å². The lowest BCUT2D eigenvalue weighted by molar-refractivity contribution is -0.389. The number of aliphatic hydroxyl groups is 2. The van der Waals surface area contributed by atoms with Gasteiger partial charge >= 0.3 is 5.82 Å². The lowest BCUT2D eigenvalue weighted by Crippen LogP contribution is -2.43. The Balaban J connectivity index is 2.61. The molecule has 1 rings (SSSR count). The maximum Gasteiger partial charge on any atom is 0.321 e. The van der Waals surface area contributed by atoms with E-state index >= 15 is 0 Å². The largest absolute Gasteiger partial charge is 0.393 e. The topological polar surface area (TPSA) is 128 Å². The van der Waals surface area contributed by atoms with E-state index in [2.05, 4.69) is 10.3 Å². The second kappa shape index (κ2) is 4.93. The van der Waals surface area contributed by atoms with Crippen LogP contribution < -0.4 is 5.32 Å². The highest BCUT2D eigenvalue weighted by Gasteiger charge is 2.22. The monoisotopic (exact) mass is 243 g/mol. The van der Waals surface area contributed by atoms with Crippen molar-refractivity contribution in [1.29, 1.82) is 0 Å². The third-order valence-electron chi connectivity index (χ3n) is 2.08. The van der Waals surface area contributed by atoms with Crippen LogP contribution in [0.1, 0.15) is 17.4 Å². The van der Waals surface area contributed by atoms with Gasteiger partial charge in [-0.25, -0.2) is 4.98 Å². The van der Waals surface area contributed by atoms with Crippen LogP contribution in [0.5, 0.6) is 0 Å². The molecular weight excluding hydrogens is 230 g/mol. The highest BCUT2D eigenvalue weighted by atomic mass is 16.6. The molecule has 0 radical (unpaired) electrons. The number of aromatic amines is 1. The van der Waals surface area contributed by atoms with Gasteiger partial charge in [-0.05, 0) is 17.9 Å². The van der Waals surface area contributed by atoms with E-state index in [1.807, 2.05) is 0 Å². The minimum atomic E-state index is -1.42. The van der Waals surface area contributed by atoms with E-state index in [1.165, 1.54) is 19.1 Å². The van der Waals surface area contributed by atoms with Gasteiger partial charge in [0.25, 0.3) is 5.91 Å². The lowest BCUT2D eigenvalue weighted by atomic mass is 10.1. The minimum Gasteiger partial charge on any atom is -0.393 e. The van der Waals surface area contributed by atoms with Gasteiger partial charge in [0.05, 0.1) is 6.61 Å². The quantitative estimate of drug-likeness (QED) is 0.405. The molecular formula is C9H13N3O5. The number of carbonyl (C=O) groups is 1. The molecule has 0 bridgehead atoms. The average Bonchev–Trinajstić information content (AvgIpc) is 2.75. The van der Waals surface area contributed by atoms with Crippen molar-refractivity contribution in [2.24, 2.45) is 0 Å². The van der Waals surface area contributed by atoms with Gasteiger partial charge in [-0.1, -0.05) is 0 Å². The van der Waals surface area contributed by atoms with Gasteiger partial charge < -0.3 is 25.6 Å². The first-order valence-electron chi connectivity index (χ1n) is 4.80. The Morgan fingerprint density at radius 2 is 2.29 bits per heavy atom. The van der Waals surface area contributed by atoms with Crippen LogP contribution in [0, 0.1) is 10.1 Å². The number of nitro groups is 1. The van der Waals surface area contributed by atoms with Gasteiger partial charge in [-0.15, -0.1) is 0 Å². The van der Waals surface area contributed by atoms with Crippen molar-refractivity contribution in [3.63, 3.8) is 0 Å². The highest BCUT2D eigenvalue weighted by molar-refractivity contribution is 5.92. The van der Waals surface area contributed by atoms with Crippen LogP contribution in [0.2, 0.25) is 0 Å². The van der Waals surface area contributed by atoms with Crippen molar-refractivity contribution in [2.75, 3.05) is 13.2 Å². The van der Waals surface area contributed by atoms with E-state index in [0.29, 0.717) is 0 Å². The lowest BCUT2D eigenvalue weighted by Gasteiger charge is -2.19. The first kappa shape index (κ1) is 13.1. The van der Waals surface area contributed by atoms with Gasteiger partial charge in [0, 0.05) is 12.6 Å². The molecule has 8 heteroatoms. The van der Waals surface area contributed by atoms with E-state index in [9.17, 15) is 20.0 Å². The number of nitrogens with zero attached hydrogens (tertiary/aromatic N) is 1. The molecule has 1 aromatic rings. The fraction of sp³-hybridized carbons (Fsp3) is 0.444. The highest BCUT2D eigenvalue weighted by Crippen LogP contribution is 2.09. The van der Waals surface area contributed by atoms with E-state index in [0.717, 1.165) is 0 Å². The molecule has 0 aliphatic rings. The van der Waals surface area contributed by atoms with E-state index in [1.54, 1.807) is 0 Å². The number of hydrogen-bond acceptors (Lipinski definition) is 5. The van der Waals surface area contributed by atoms with Gasteiger partial charge in [0.2, 0.25) is 0 Å². The van der Waals surface area contributed by atoms with Crippen LogP contribution in [-0.2, 0) is 0 Å². The number of H-pyrrole nitrogens is 1. The van der Waals surface area contributed by atoms with Crippen molar-refractivity contribution in [2.45, 2.75) is 12.5 Å². The molecule has 1 heterocycles. The molecule has 0 aliphatic heterocycles. The fourth-order valence-corrected chi connectivity index (χ4v) is 1.04. The summed E-state index contributed by atoms with van der Waals surface area (Å²) in [7, 11) is 0. The number of rotatable bonds is 5. The Kier molecular flexibility index (Phi) is 3.81. The van der Waals surface area contributed by atoms with Gasteiger partial charge in [-0.3, -0.25) is 4.79 Å². The normalized spacial score (nSPS) is 14.1. The first-order chi connectivity index (χ1) is 7.85. The summed E-state index contributed by atoms with van der Waals surface area (Å²) in [5.74, 6) is -0.879. The Morgan fingerprint density at radius 3 is 2.76 bits per heavy atom. The summed E-state index contributed by atoms with van der Waals surface area (Å²) in [6.07, 6.45) is 0. The number of nitrogens with one attached hydrogen (secondary N) is 2. The van der Waals surface area contributed by atoms with E-state index in [4.69, 9.17) is 5.11 Å². The summed E-state index contributed by atoms with van der Waals surface area (Å²) < 4.78 is 0. The van der Waals surface area contributed by atoms with Gasteiger partial charge in [0.1, 0.15) is 5.60 Å². The van der Waals surface area contributed by atoms with Crippen molar-refractivity contribution >= 4 is 11.7 Å². The van der Waals surface area contributed by atoms with Crippen molar-refractivity contribution in [1.82, 2.24) is 10.3 Å². The molecule has 0 fully saturated rings. The molecule has 94 valence electrons. The predicted molar refractivity (Wildman–Crippen MR) is 57.5 cm³/mol. The minimum absolute atomic E-state index is 0.0189. The zero-order valence-corrected chi connectivity index (χ0v) is 9.14. The van der Waals surface area contributed by atoms with Gasteiger partial charge in [-0.2, -0.15) is 0 Å². The SMILES string of the molecule is CC(O)(CO)CNC(=O)c1ccc([N+](=O)[O-])[nH]1. The summed E-state index contributed by atoms with van der Waals surface area (Å²) in [6.45, 7) is 0.692. The first-order valence-corrected chi connectivity index (χ1v) is 4.80. The van der Waals surface area contributed by atoms with Crippen molar-refractivity contribution in [3.8, 4) is 0 Å². The number of hydrogen-bond donors (Lipinski definition) is 4. The molecule has 1 atom stereocenters. The predicted octanol–water partition coefficient (Wildman–Crippen LogP) is -0.604. The average molecular weight is 243 g/mol. The maximum atomic E-state index is 11.5. The summed E-state index contributed by atoms with van der Waals surface area (Å²) in [4.78, 5) is 23.5. The number of aliphatic hydroxyl groups excluding tert-OH is 1. The molecule has 0 saturated heterocycles. The van der Waals surface area contributed by atoms with E-state index < -0.39 is 23.0 Å². The number of amides is 1. The second-order valence-electron chi connectivity index (χ2n) is 3.85. The summed E-state index contributed by atoms with van der Waals surface area (Å²) in [5.41, 5.74) is -1.40. The van der Waals surface area contributed by atoms with Crippen molar-refractivity contribution in [3.05, 3.63) is 27.9 Å². The van der Waals surface area contributed by atoms with Crippen LogP contribution in [0.4, 0.5) is 5.82 Å². The van der Waals surface area contributed by atoms with Crippen LogP contribution >= 0.6 is 0 Å². The molecule has 0 aliphatic carbocycles. The van der Waals surface area contributed by atoms with Crippen molar-refractivity contribution < 1.29 is 19.9 Å². The molecule has 1 unspecified atom stereocenters. The maximum absolute atomic E-state index is 11.5. The molecule has 8 nitrogen and oxygen atoms in total. The fourth-order valence-electron chi connectivity index (χ4n) is 1.04. The van der Waals surface area contributed by atoms with E-state index in [-0.39, 0.29) is 18.1 Å². The smallest absolute Gasteiger partial charge is 0.321 e. The Morgan fingerprint density at radius 1 is 1.65 bits per heavy atom. The molecule has 17 heavy (non-hydrogen) atoms. The summed E-state index contributed by atoms with van der Waals surface area (Å²) in [6, 6.07) is 2.43. The summed E-state index contributed by atoms with van der Waals surface area (Å²) in [5, 5.41) is 30.9. The number of carbonyl (C=O) groups excluding carboxylic acids is 1. The summed E-state index contributed by atoms with van der Waals surface area (Å²) >= 11 is 0. The van der Waals surface area contributed by atoms with Crippen LogP contribution in [-0.4, -0.2) is 44.8 Å². The second-order valence-corrected chi connectivity index (χ2v) is 3.85. The molecule has 0 aromatic carbocycles. The molecule has 0 spiro atoms. The Bertz CT molecular complexity index is 426. The molecule has 4 N–H and O–H groups in total. The van der Waals surface area contributed by atoms with Crippen LogP contribution in [0.15, 0.2) is 12.1 Å². The van der Waals surface area contributed by atoms with Gasteiger partial charge in [0.15, 0.2) is 5.69 Å². The molecule has 0 saturated carbocycles. The zero-order chi connectivity index (χ0) is 13.1. The molecule has 1 aromatic heterocycles. The standard InChI is InChI=1S/C9H13N3O5/c1-9(15,5-13)4-10-8(14)6-2-3-7(11-6)12(16)17/h2-3,11,13,15H,4-5H2,1H3,(H,10,14). The molecule has 1 amide bonds. The zero-order valence-electron chi connectivity index (χ0n) is 9.14.